The van der Waals surface area contributed by atoms with Crippen LogP contribution in [0.2, 0.25) is 0 Å². The van der Waals surface area contributed by atoms with E-state index in [2.05, 4.69) is 204 Å². The largest absolute Gasteiger partial charge is 0.456 e. The summed E-state index contributed by atoms with van der Waals surface area (Å²) < 4.78 is 10.0. The lowest BCUT2D eigenvalue weighted by atomic mass is 9.89. The molecule has 0 amide bonds. The van der Waals surface area contributed by atoms with Gasteiger partial charge in [-0.2, -0.15) is 0 Å². The Morgan fingerprint density at radius 2 is 1.35 bits per heavy atom. The third-order valence-corrected chi connectivity index (χ3v) is 11.6. The van der Waals surface area contributed by atoms with Gasteiger partial charge in [-0.05, 0) is 133 Å². The number of fused-ring (bicyclic) bond motifs is 5. The SMILES string of the molecule is CCc1nc2ccccc2n1-c1ccc(-c2cccc3oc4ccc(-c5ccc(Cc6ccccc6)c(-c6c(I)ccc7ccccc67)c5)cc4c23)cc1. The lowest BCUT2D eigenvalue weighted by Gasteiger charge is -2.17. The zero-order valence-corrected chi connectivity index (χ0v) is 31.9. The van der Waals surface area contributed by atoms with E-state index < -0.39 is 0 Å². The van der Waals surface area contributed by atoms with Crippen LogP contribution in [0.25, 0.3) is 82.8 Å². The highest BCUT2D eigenvalue weighted by molar-refractivity contribution is 14.1. The molecule has 258 valence electrons. The van der Waals surface area contributed by atoms with Crippen molar-refractivity contribution in [2.45, 2.75) is 19.8 Å². The highest BCUT2D eigenvalue weighted by Crippen LogP contribution is 2.41. The standard InChI is InChI=1S/C50H35IN2O/c1-2-48-52-44-16-8-9-17-45(44)53(48)38-25-21-34(22-26-38)40-15-10-18-47-50(40)42-31-36(24-28-46(42)54-47)35-19-20-37(29-32-11-4-3-5-12-32)41(30-35)49-39-14-7-6-13-33(39)23-27-43(49)51/h3-28,30-31H,2,29H2,1H3. The molecule has 0 fully saturated rings. The van der Waals surface area contributed by atoms with Crippen LogP contribution in [0.15, 0.2) is 174 Å². The molecule has 4 heteroatoms. The van der Waals surface area contributed by atoms with Gasteiger partial charge >= 0.3 is 0 Å². The van der Waals surface area contributed by atoms with Crippen LogP contribution in [0.1, 0.15) is 23.9 Å². The van der Waals surface area contributed by atoms with Crippen molar-refractivity contribution >= 4 is 66.3 Å². The van der Waals surface area contributed by atoms with Crippen LogP contribution in [-0.4, -0.2) is 9.55 Å². The van der Waals surface area contributed by atoms with E-state index in [1.807, 2.05) is 0 Å². The van der Waals surface area contributed by atoms with Crippen LogP contribution in [0, 0.1) is 3.57 Å². The fourth-order valence-electron chi connectivity index (χ4n) is 8.12. The van der Waals surface area contributed by atoms with E-state index in [9.17, 15) is 0 Å². The number of benzene rings is 8. The maximum absolute atomic E-state index is 6.50. The van der Waals surface area contributed by atoms with Crippen LogP contribution in [0.4, 0.5) is 0 Å². The van der Waals surface area contributed by atoms with Gasteiger partial charge < -0.3 is 4.42 Å². The van der Waals surface area contributed by atoms with Crippen LogP contribution < -0.4 is 0 Å². The number of aryl methyl sites for hydroxylation is 1. The number of halogens is 1. The van der Waals surface area contributed by atoms with Crippen molar-refractivity contribution < 1.29 is 4.42 Å². The van der Waals surface area contributed by atoms with Gasteiger partial charge in [0.2, 0.25) is 0 Å². The first-order valence-electron chi connectivity index (χ1n) is 18.5. The van der Waals surface area contributed by atoms with Crippen molar-refractivity contribution in [3.8, 4) is 39.1 Å². The number of rotatable bonds is 7. The number of hydrogen-bond acceptors (Lipinski definition) is 2. The molecule has 0 N–H and O–H groups in total. The Balaban J connectivity index is 1.10. The van der Waals surface area contributed by atoms with Gasteiger partial charge in [0.25, 0.3) is 0 Å². The van der Waals surface area contributed by atoms with Crippen molar-refractivity contribution in [2.75, 3.05) is 0 Å². The van der Waals surface area contributed by atoms with Gasteiger partial charge in [-0.1, -0.05) is 122 Å². The summed E-state index contributed by atoms with van der Waals surface area (Å²) in [6.45, 7) is 2.16. The normalized spacial score (nSPS) is 11.7. The molecule has 3 nitrogen and oxygen atoms in total. The van der Waals surface area contributed by atoms with Crippen molar-refractivity contribution in [1.29, 1.82) is 0 Å². The van der Waals surface area contributed by atoms with Gasteiger partial charge in [-0.3, -0.25) is 4.57 Å². The molecule has 54 heavy (non-hydrogen) atoms. The molecule has 0 unspecified atom stereocenters. The number of furan rings is 1. The van der Waals surface area contributed by atoms with E-state index >= 15 is 0 Å². The van der Waals surface area contributed by atoms with E-state index in [0.29, 0.717) is 0 Å². The van der Waals surface area contributed by atoms with Crippen molar-refractivity contribution in [3.63, 3.8) is 0 Å². The maximum atomic E-state index is 6.50. The fourth-order valence-corrected chi connectivity index (χ4v) is 8.88. The van der Waals surface area contributed by atoms with Gasteiger partial charge in [-0.25, -0.2) is 4.98 Å². The van der Waals surface area contributed by atoms with E-state index in [1.165, 1.54) is 42.2 Å². The molecule has 2 aromatic heterocycles. The number of para-hydroxylation sites is 2. The number of nitrogens with zero attached hydrogens (tertiary/aromatic N) is 2. The highest BCUT2D eigenvalue weighted by atomic mass is 127. The molecule has 10 rings (SSSR count). The lowest BCUT2D eigenvalue weighted by Crippen LogP contribution is -1.99. The minimum absolute atomic E-state index is 0.859. The van der Waals surface area contributed by atoms with Crippen molar-refractivity contribution in [3.05, 3.63) is 190 Å². The third-order valence-electron chi connectivity index (χ3n) is 10.7. The predicted octanol–water partition coefficient (Wildman–Crippen LogP) is 13.8. The lowest BCUT2D eigenvalue weighted by molar-refractivity contribution is 0.669. The summed E-state index contributed by atoms with van der Waals surface area (Å²) in [6, 6.07) is 61.3. The molecular weight excluding hydrogens is 771 g/mol. The van der Waals surface area contributed by atoms with Crippen LogP contribution in [0.5, 0.6) is 0 Å². The van der Waals surface area contributed by atoms with E-state index in [4.69, 9.17) is 9.40 Å². The van der Waals surface area contributed by atoms with Crippen LogP contribution in [-0.2, 0) is 12.8 Å². The molecule has 0 bridgehead atoms. The molecule has 0 aliphatic rings. The molecule has 0 spiro atoms. The summed E-state index contributed by atoms with van der Waals surface area (Å²) in [5.74, 6) is 1.06. The van der Waals surface area contributed by atoms with Gasteiger partial charge in [0.15, 0.2) is 0 Å². The van der Waals surface area contributed by atoms with Gasteiger partial charge in [-0.15, -0.1) is 0 Å². The molecular formula is C50H35IN2O. The molecule has 0 saturated heterocycles. The first kappa shape index (κ1) is 32.7. The Labute approximate surface area is 327 Å². The molecule has 0 aliphatic heterocycles. The van der Waals surface area contributed by atoms with Crippen molar-refractivity contribution in [2.24, 2.45) is 0 Å². The number of imidazole rings is 1. The van der Waals surface area contributed by atoms with Gasteiger partial charge in [0, 0.05) is 32.0 Å². The van der Waals surface area contributed by atoms with E-state index in [-0.39, 0.29) is 0 Å². The minimum atomic E-state index is 0.859. The average Bonchev–Trinajstić information content (AvgIpc) is 3.80. The minimum Gasteiger partial charge on any atom is -0.456 e. The van der Waals surface area contributed by atoms with Crippen molar-refractivity contribution in [1.82, 2.24) is 9.55 Å². The highest BCUT2D eigenvalue weighted by Gasteiger charge is 2.18. The summed E-state index contributed by atoms with van der Waals surface area (Å²) in [5, 5.41) is 4.77. The Morgan fingerprint density at radius 1 is 0.593 bits per heavy atom. The van der Waals surface area contributed by atoms with Crippen LogP contribution in [0.3, 0.4) is 0 Å². The topological polar surface area (TPSA) is 31.0 Å². The second kappa shape index (κ2) is 13.5. The first-order chi connectivity index (χ1) is 26.6. The predicted molar refractivity (Wildman–Crippen MR) is 234 cm³/mol. The summed E-state index contributed by atoms with van der Waals surface area (Å²) >= 11 is 2.51. The maximum Gasteiger partial charge on any atom is 0.136 e. The second-order valence-corrected chi connectivity index (χ2v) is 15.1. The molecule has 0 aliphatic carbocycles. The van der Waals surface area contributed by atoms with Crippen LogP contribution >= 0.6 is 22.6 Å². The summed E-state index contributed by atoms with van der Waals surface area (Å²) in [6.07, 6.45) is 1.72. The number of hydrogen-bond donors (Lipinski definition) is 0. The summed E-state index contributed by atoms with van der Waals surface area (Å²) in [4.78, 5) is 4.90. The molecule has 0 radical (unpaired) electrons. The Kier molecular flexibility index (Phi) is 8.14. The van der Waals surface area contributed by atoms with Gasteiger partial charge in [0.1, 0.15) is 17.0 Å². The summed E-state index contributed by atoms with van der Waals surface area (Å²) in [5.41, 5.74) is 14.9. The Bertz CT molecular complexity index is 3010. The summed E-state index contributed by atoms with van der Waals surface area (Å²) in [7, 11) is 0. The monoisotopic (exact) mass is 806 g/mol. The average molecular weight is 807 g/mol. The molecule has 2 heterocycles. The third kappa shape index (κ3) is 5.60. The van der Waals surface area contributed by atoms with E-state index in [0.717, 1.165) is 74.0 Å². The molecule has 10 aromatic rings. The zero-order chi connectivity index (χ0) is 36.2. The Hall–Kier alpha value is -5.98. The number of aromatic nitrogens is 2. The quantitative estimate of drug-likeness (QED) is 0.150. The second-order valence-electron chi connectivity index (χ2n) is 13.9. The zero-order valence-electron chi connectivity index (χ0n) is 29.8. The fraction of sp³-hybridized carbons (Fsp3) is 0.0600. The van der Waals surface area contributed by atoms with E-state index in [1.54, 1.807) is 0 Å². The van der Waals surface area contributed by atoms with Gasteiger partial charge in [0.05, 0.1) is 11.0 Å². The smallest absolute Gasteiger partial charge is 0.136 e. The Morgan fingerprint density at radius 3 is 2.22 bits per heavy atom. The molecule has 8 aromatic carbocycles. The molecule has 0 atom stereocenters. The molecule has 0 saturated carbocycles. The first-order valence-corrected chi connectivity index (χ1v) is 19.6.